The van der Waals surface area contributed by atoms with Gasteiger partial charge in [-0.25, -0.2) is 0 Å². The minimum absolute atomic E-state index is 0.0438. The number of methoxy groups -OCH3 is 1. The lowest BCUT2D eigenvalue weighted by atomic mass is 9.96. The number of anilines is 2. The average molecular weight is 432 g/mol. The summed E-state index contributed by atoms with van der Waals surface area (Å²) in [4.78, 5) is 26.2. The predicted octanol–water partition coefficient (Wildman–Crippen LogP) is 3.70. The molecule has 1 fully saturated rings. The van der Waals surface area contributed by atoms with Crippen molar-refractivity contribution >= 4 is 34.8 Å². The van der Waals surface area contributed by atoms with Gasteiger partial charge in [0.15, 0.2) is 11.5 Å². The number of piperidine rings is 1. The fraction of sp³-hybridized carbons (Fsp3) is 0.364. The van der Waals surface area contributed by atoms with Crippen molar-refractivity contribution in [1.82, 2.24) is 0 Å². The molecule has 30 heavy (non-hydrogen) atoms. The van der Waals surface area contributed by atoms with Gasteiger partial charge < -0.3 is 25.4 Å². The minimum Gasteiger partial charge on any atom is -0.493 e. The number of benzene rings is 2. The molecule has 0 unspecified atom stereocenters. The number of nitrogens with one attached hydrogen (secondary N) is 1. The number of hydrogen-bond acceptors (Lipinski definition) is 5. The van der Waals surface area contributed by atoms with Gasteiger partial charge in [0, 0.05) is 35.9 Å². The topological polar surface area (TPSA) is 93.9 Å². The summed E-state index contributed by atoms with van der Waals surface area (Å²) in [6.07, 6.45) is 1.52. The van der Waals surface area contributed by atoms with Gasteiger partial charge in [0.2, 0.25) is 5.91 Å². The molecule has 2 aromatic carbocycles. The smallest absolute Gasteiger partial charge is 0.255 e. The van der Waals surface area contributed by atoms with Gasteiger partial charge in [0.1, 0.15) is 0 Å². The summed E-state index contributed by atoms with van der Waals surface area (Å²) in [5.74, 6) is 0.261. The highest BCUT2D eigenvalue weighted by Crippen LogP contribution is 2.36. The largest absolute Gasteiger partial charge is 0.493 e. The fourth-order valence-corrected chi connectivity index (χ4v) is 3.78. The van der Waals surface area contributed by atoms with Crippen LogP contribution >= 0.6 is 11.6 Å². The van der Waals surface area contributed by atoms with Gasteiger partial charge in [-0.2, -0.15) is 0 Å². The van der Waals surface area contributed by atoms with E-state index in [2.05, 4.69) is 10.2 Å². The summed E-state index contributed by atoms with van der Waals surface area (Å²) < 4.78 is 10.8. The van der Waals surface area contributed by atoms with E-state index < -0.39 is 0 Å². The predicted molar refractivity (Wildman–Crippen MR) is 118 cm³/mol. The maximum absolute atomic E-state index is 12.7. The summed E-state index contributed by atoms with van der Waals surface area (Å²) >= 11 is 6.26. The van der Waals surface area contributed by atoms with Crippen molar-refractivity contribution < 1.29 is 19.1 Å². The average Bonchev–Trinajstić information content (AvgIpc) is 2.75. The molecule has 0 aromatic heterocycles. The molecule has 7 nitrogen and oxygen atoms in total. The summed E-state index contributed by atoms with van der Waals surface area (Å²) in [5, 5.41) is 3.18. The van der Waals surface area contributed by atoms with E-state index in [1.807, 2.05) is 31.2 Å². The quantitative estimate of drug-likeness (QED) is 0.697. The third-order valence-electron chi connectivity index (χ3n) is 5.17. The number of ether oxygens (including phenoxy) is 2. The molecule has 1 aliphatic rings. The van der Waals surface area contributed by atoms with Gasteiger partial charge in [-0.15, -0.1) is 0 Å². The molecule has 1 saturated heterocycles. The molecule has 0 spiro atoms. The Hall–Kier alpha value is -2.93. The molecule has 0 atom stereocenters. The van der Waals surface area contributed by atoms with Crippen molar-refractivity contribution in [2.24, 2.45) is 11.7 Å². The van der Waals surface area contributed by atoms with E-state index in [-0.39, 0.29) is 17.7 Å². The van der Waals surface area contributed by atoms with E-state index in [0.717, 1.165) is 31.6 Å². The Morgan fingerprint density at radius 3 is 2.43 bits per heavy atom. The number of nitrogens with two attached hydrogens (primary N) is 1. The highest BCUT2D eigenvalue weighted by Gasteiger charge is 2.23. The Morgan fingerprint density at radius 1 is 1.20 bits per heavy atom. The lowest BCUT2D eigenvalue weighted by molar-refractivity contribution is -0.122. The zero-order valence-corrected chi connectivity index (χ0v) is 17.9. The fourth-order valence-electron chi connectivity index (χ4n) is 3.52. The minimum atomic E-state index is -0.298. The SMILES string of the molecule is CCOc1c(Cl)cc(C(=O)Nc2ccc(N3CCC(C(N)=O)CC3)cc2)cc1OC. The number of hydrogen-bond donors (Lipinski definition) is 2. The molecule has 3 N–H and O–H groups in total. The second-order valence-corrected chi connectivity index (χ2v) is 7.49. The first-order valence-corrected chi connectivity index (χ1v) is 10.3. The molecule has 1 aliphatic heterocycles. The highest BCUT2D eigenvalue weighted by molar-refractivity contribution is 6.32. The molecule has 160 valence electrons. The normalized spacial score (nSPS) is 14.3. The van der Waals surface area contributed by atoms with Gasteiger partial charge in [-0.1, -0.05) is 11.6 Å². The lowest BCUT2D eigenvalue weighted by Gasteiger charge is -2.32. The Kier molecular flexibility index (Phi) is 7.05. The third kappa shape index (κ3) is 4.97. The molecular formula is C22H26ClN3O4. The van der Waals surface area contributed by atoms with Crippen molar-refractivity contribution in [2.45, 2.75) is 19.8 Å². The lowest BCUT2D eigenvalue weighted by Crippen LogP contribution is -2.38. The first-order valence-electron chi connectivity index (χ1n) is 9.89. The van der Waals surface area contributed by atoms with Crippen LogP contribution in [-0.4, -0.2) is 38.6 Å². The molecule has 2 amide bonds. The molecule has 2 aromatic rings. The standard InChI is InChI=1S/C22H26ClN3O4/c1-3-30-20-18(23)12-15(13-19(20)29-2)22(28)25-16-4-6-17(7-5-16)26-10-8-14(9-11-26)21(24)27/h4-7,12-14H,3,8-11H2,1-2H3,(H2,24,27)(H,25,28). The number of rotatable bonds is 7. The molecule has 0 aliphatic carbocycles. The van der Waals surface area contributed by atoms with Crippen LogP contribution in [0.25, 0.3) is 0 Å². The summed E-state index contributed by atoms with van der Waals surface area (Å²) in [6, 6.07) is 10.8. The molecule has 0 radical (unpaired) electrons. The summed E-state index contributed by atoms with van der Waals surface area (Å²) in [7, 11) is 1.50. The van der Waals surface area contributed by atoms with Crippen LogP contribution in [0.2, 0.25) is 5.02 Å². The van der Waals surface area contributed by atoms with Crippen LogP contribution in [0.5, 0.6) is 11.5 Å². The molecule has 0 saturated carbocycles. The van der Waals surface area contributed by atoms with Crippen LogP contribution in [0, 0.1) is 5.92 Å². The first-order chi connectivity index (χ1) is 14.4. The number of primary amides is 1. The monoisotopic (exact) mass is 431 g/mol. The Balaban J connectivity index is 1.66. The van der Waals surface area contributed by atoms with Gasteiger partial charge in [0.05, 0.1) is 18.7 Å². The number of nitrogens with zero attached hydrogens (tertiary/aromatic N) is 1. The molecular weight excluding hydrogens is 406 g/mol. The van der Waals surface area contributed by atoms with E-state index in [1.165, 1.54) is 7.11 Å². The second-order valence-electron chi connectivity index (χ2n) is 7.09. The Morgan fingerprint density at radius 2 is 1.87 bits per heavy atom. The molecule has 0 bridgehead atoms. The van der Waals surface area contributed by atoms with Crippen molar-refractivity contribution in [1.29, 1.82) is 0 Å². The van der Waals surface area contributed by atoms with E-state index >= 15 is 0 Å². The maximum Gasteiger partial charge on any atom is 0.255 e. The van der Waals surface area contributed by atoms with E-state index in [4.69, 9.17) is 26.8 Å². The van der Waals surface area contributed by atoms with E-state index in [9.17, 15) is 9.59 Å². The Bertz CT molecular complexity index is 909. The number of carbonyl (C=O) groups excluding carboxylic acids is 2. The number of halogens is 1. The van der Waals surface area contributed by atoms with Crippen LogP contribution in [0.3, 0.4) is 0 Å². The van der Waals surface area contributed by atoms with Crippen LogP contribution in [0.15, 0.2) is 36.4 Å². The van der Waals surface area contributed by atoms with Crippen molar-refractivity contribution in [3.8, 4) is 11.5 Å². The third-order valence-corrected chi connectivity index (χ3v) is 5.45. The van der Waals surface area contributed by atoms with Gasteiger partial charge in [-0.05, 0) is 56.2 Å². The Labute approximate surface area is 181 Å². The van der Waals surface area contributed by atoms with Crippen molar-refractivity contribution in [3.63, 3.8) is 0 Å². The van der Waals surface area contributed by atoms with E-state index in [0.29, 0.717) is 34.4 Å². The molecule has 8 heteroatoms. The van der Waals surface area contributed by atoms with Gasteiger partial charge in [0.25, 0.3) is 5.91 Å². The summed E-state index contributed by atoms with van der Waals surface area (Å²) in [6.45, 7) is 3.85. The summed E-state index contributed by atoms with van der Waals surface area (Å²) in [5.41, 5.74) is 7.48. The molecule has 3 rings (SSSR count). The molecule has 1 heterocycles. The maximum atomic E-state index is 12.7. The van der Waals surface area contributed by atoms with Crippen LogP contribution < -0.4 is 25.4 Å². The second kappa shape index (κ2) is 9.71. The van der Waals surface area contributed by atoms with Crippen LogP contribution in [-0.2, 0) is 4.79 Å². The first kappa shape index (κ1) is 21.8. The number of carbonyl (C=O) groups is 2. The highest BCUT2D eigenvalue weighted by atomic mass is 35.5. The van der Waals surface area contributed by atoms with Gasteiger partial charge >= 0.3 is 0 Å². The zero-order chi connectivity index (χ0) is 21.7. The van der Waals surface area contributed by atoms with Crippen molar-refractivity contribution in [3.05, 3.63) is 47.0 Å². The van der Waals surface area contributed by atoms with Crippen LogP contribution in [0.1, 0.15) is 30.1 Å². The van der Waals surface area contributed by atoms with Crippen LogP contribution in [0.4, 0.5) is 11.4 Å². The van der Waals surface area contributed by atoms with Crippen molar-refractivity contribution in [2.75, 3.05) is 37.0 Å². The zero-order valence-electron chi connectivity index (χ0n) is 17.1. The van der Waals surface area contributed by atoms with E-state index in [1.54, 1.807) is 12.1 Å². The van der Waals surface area contributed by atoms with Gasteiger partial charge in [-0.3, -0.25) is 9.59 Å². The number of amides is 2.